The maximum atomic E-state index is 6.93. The highest BCUT2D eigenvalue weighted by molar-refractivity contribution is 6.06. The van der Waals surface area contributed by atoms with Crippen molar-refractivity contribution in [2.24, 2.45) is 0 Å². The summed E-state index contributed by atoms with van der Waals surface area (Å²) in [4.78, 5) is 10.5. The van der Waals surface area contributed by atoms with Crippen molar-refractivity contribution in [1.82, 2.24) is 9.97 Å². The van der Waals surface area contributed by atoms with Gasteiger partial charge in [-0.1, -0.05) is 140 Å². The second-order valence-corrected chi connectivity index (χ2v) is 12.8. The standard InChI is InChI=1S/C45H26N2O/c1-2-14-29-27(12-1)13-11-19-32(29)42-33-17-5-9-22-39(33)46-44(47-42)28-24-25-38-35(26-28)41-34-18-6-10-23-40(34)48-43(41)45(38)36-20-7-3-15-30(36)31-16-4-8-21-37(31)45/h1-26H. The molecule has 0 unspecified atom stereocenters. The van der Waals surface area contributed by atoms with Crippen molar-refractivity contribution in [3.8, 4) is 44.9 Å². The molecule has 0 bridgehead atoms. The molecule has 9 aromatic rings. The summed E-state index contributed by atoms with van der Waals surface area (Å²) in [6, 6.07) is 56.1. The summed E-state index contributed by atoms with van der Waals surface area (Å²) in [5.41, 5.74) is 12.9. The van der Waals surface area contributed by atoms with Gasteiger partial charge in [-0.3, -0.25) is 0 Å². The number of hydrogen-bond donors (Lipinski definition) is 0. The summed E-state index contributed by atoms with van der Waals surface area (Å²) >= 11 is 0. The Morgan fingerprint density at radius 3 is 1.92 bits per heavy atom. The first-order valence-electron chi connectivity index (χ1n) is 16.4. The lowest BCUT2D eigenvalue weighted by Crippen LogP contribution is -2.25. The van der Waals surface area contributed by atoms with E-state index in [-0.39, 0.29) is 0 Å². The van der Waals surface area contributed by atoms with E-state index in [1.807, 2.05) is 0 Å². The van der Waals surface area contributed by atoms with Gasteiger partial charge in [-0.2, -0.15) is 0 Å². The number of hydrogen-bond acceptors (Lipinski definition) is 3. The molecule has 0 N–H and O–H groups in total. The predicted molar refractivity (Wildman–Crippen MR) is 194 cm³/mol. The largest absolute Gasteiger partial charge is 0.459 e. The first-order chi connectivity index (χ1) is 23.8. The van der Waals surface area contributed by atoms with Crippen LogP contribution in [0.4, 0.5) is 0 Å². The highest BCUT2D eigenvalue weighted by atomic mass is 16.3. The molecular weight excluding hydrogens is 585 g/mol. The maximum Gasteiger partial charge on any atom is 0.160 e. The minimum atomic E-state index is -0.548. The Kier molecular flexibility index (Phi) is 5.04. The van der Waals surface area contributed by atoms with E-state index >= 15 is 0 Å². The number of para-hydroxylation sites is 2. The second kappa shape index (κ2) is 9.37. The van der Waals surface area contributed by atoms with Crippen LogP contribution >= 0.6 is 0 Å². The lowest BCUT2D eigenvalue weighted by Gasteiger charge is -2.28. The second-order valence-electron chi connectivity index (χ2n) is 12.8. The summed E-state index contributed by atoms with van der Waals surface area (Å²) in [5, 5.41) is 4.54. The van der Waals surface area contributed by atoms with Crippen LogP contribution in [0.3, 0.4) is 0 Å². The van der Waals surface area contributed by atoms with Crippen molar-refractivity contribution in [1.29, 1.82) is 0 Å². The zero-order chi connectivity index (χ0) is 31.4. The van der Waals surface area contributed by atoms with Gasteiger partial charge in [0.1, 0.15) is 16.8 Å². The molecule has 0 amide bonds. The zero-order valence-electron chi connectivity index (χ0n) is 25.8. The topological polar surface area (TPSA) is 38.9 Å². The van der Waals surface area contributed by atoms with Gasteiger partial charge in [0.05, 0.1) is 11.2 Å². The van der Waals surface area contributed by atoms with Crippen LogP contribution in [0.25, 0.3) is 77.5 Å². The third-order valence-corrected chi connectivity index (χ3v) is 10.5. The minimum Gasteiger partial charge on any atom is -0.459 e. The van der Waals surface area contributed by atoms with Crippen molar-refractivity contribution in [3.63, 3.8) is 0 Å². The van der Waals surface area contributed by atoms with E-state index in [4.69, 9.17) is 14.4 Å². The molecule has 0 radical (unpaired) electrons. The van der Waals surface area contributed by atoms with Crippen LogP contribution in [0.1, 0.15) is 22.5 Å². The summed E-state index contributed by atoms with van der Waals surface area (Å²) < 4.78 is 6.93. The Hall–Kier alpha value is -6.32. The van der Waals surface area contributed by atoms with E-state index in [9.17, 15) is 0 Å². The molecule has 3 heteroatoms. The molecule has 2 heterocycles. The average Bonchev–Trinajstić information content (AvgIpc) is 3.78. The average molecular weight is 611 g/mol. The first kappa shape index (κ1) is 25.8. The van der Waals surface area contributed by atoms with Crippen LogP contribution in [0.15, 0.2) is 162 Å². The molecule has 2 aliphatic rings. The van der Waals surface area contributed by atoms with Gasteiger partial charge in [-0.15, -0.1) is 0 Å². The minimum absolute atomic E-state index is 0.548. The molecule has 0 atom stereocenters. The molecule has 2 aliphatic carbocycles. The molecule has 7 aromatic carbocycles. The SMILES string of the molecule is c1ccc2c(c1)-c1ccccc1C21c2ccc(-c3nc(-c4cccc5ccccc45)c4ccccc4n3)cc2-c2c1oc1ccccc21. The fraction of sp³-hybridized carbons (Fsp3) is 0.0222. The van der Waals surface area contributed by atoms with Crippen molar-refractivity contribution >= 4 is 32.6 Å². The monoisotopic (exact) mass is 610 g/mol. The number of benzene rings is 7. The molecule has 0 saturated heterocycles. The first-order valence-corrected chi connectivity index (χ1v) is 16.4. The molecule has 11 rings (SSSR count). The molecule has 0 aliphatic heterocycles. The van der Waals surface area contributed by atoms with Crippen molar-refractivity contribution in [2.45, 2.75) is 5.41 Å². The maximum absolute atomic E-state index is 6.93. The molecule has 222 valence electrons. The lowest BCUT2D eigenvalue weighted by atomic mass is 9.73. The zero-order valence-corrected chi connectivity index (χ0v) is 25.8. The van der Waals surface area contributed by atoms with E-state index in [0.29, 0.717) is 5.82 Å². The fourth-order valence-corrected chi connectivity index (χ4v) is 8.53. The number of aromatic nitrogens is 2. The van der Waals surface area contributed by atoms with Crippen molar-refractivity contribution in [3.05, 3.63) is 180 Å². The molecule has 3 nitrogen and oxygen atoms in total. The normalized spacial score (nSPS) is 13.6. The highest BCUT2D eigenvalue weighted by Gasteiger charge is 2.55. The van der Waals surface area contributed by atoms with Gasteiger partial charge >= 0.3 is 0 Å². The van der Waals surface area contributed by atoms with E-state index in [1.165, 1.54) is 44.2 Å². The van der Waals surface area contributed by atoms with E-state index in [0.717, 1.165) is 50.0 Å². The van der Waals surface area contributed by atoms with Crippen LogP contribution in [-0.2, 0) is 5.41 Å². The molecular formula is C45H26N2O. The van der Waals surface area contributed by atoms with Crippen molar-refractivity contribution < 1.29 is 4.42 Å². The highest BCUT2D eigenvalue weighted by Crippen LogP contribution is 2.64. The quantitative estimate of drug-likeness (QED) is 0.195. The summed E-state index contributed by atoms with van der Waals surface area (Å²) in [7, 11) is 0. The Bertz CT molecular complexity index is 2760. The van der Waals surface area contributed by atoms with Crippen LogP contribution < -0.4 is 0 Å². The van der Waals surface area contributed by atoms with Crippen LogP contribution in [0.5, 0.6) is 0 Å². The fourth-order valence-electron chi connectivity index (χ4n) is 8.53. The molecule has 48 heavy (non-hydrogen) atoms. The Labute approximate surface area is 276 Å². The molecule has 1 spiro atoms. The van der Waals surface area contributed by atoms with Crippen LogP contribution in [0, 0.1) is 0 Å². The third-order valence-electron chi connectivity index (χ3n) is 10.5. The van der Waals surface area contributed by atoms with Gasteiger partial charge in [-0.25, -0.2) is 9.97 Å². The number of furan rings is 1. The van der Waals surface area contributed by atoms with E-state index < -0.39 is 5.41 Å². The summed E-state index contributed by atoms with van der Waals surface area (Å²) in [5.74, 6) is 1.70. The van der Waals surface area contributed by atoms with Crippen molar-refractivity contribution in [2.75, 3.05) is 0 Å². The van der Waals surface area contributed by atoms with Gasteiger partial charge in [0.15, 0.2) is 5.82 Å². The van der Waals surface area contributed by atoms with E-state index in [1.54, 1.807) is 0 Å². The van der Waals surface area contributed by atoms with Crippen LogP contribution in [0.2, 0.25) is 0 Å². The summed E-state index contributed by atoms with van der Waals surface area (Å²) in [6.45, 7) is 0. The molecule has 2 aromatic heterocycles. The number of fused-ring (bicyclic) bond motifs is 14. The number of nitrogens with zero attached hydrogens (tertiary/aromatic N) is 2. The van der Waals surface area contributed by atoms with Gasteiger partial charge in [0.25, 0.3) is 0 Å². The lowest BCUT2D eigenvalue weighted by molar-refractivity contribution is 0.507. The Morgan fingerprint density at radius 2 is 1.08 bits per heavy atom. The Balaban J connectivity index is 1.21. The Morgan fingerprint density at radius 1 is 0.458 bits per heavy atom. The van der Waals surface area contributed by atoms with Gasteiger partial charge in [-0.05, 0) is 62.4 Å². The molecule has 0 fully saturated rings. The summed E-state index contributed by atoms with van der Waals surface area (Å²) in [6.07, 6.45) is 0. The van der Waals surface area contributed by atoms with Crippen LogP contribution in [-0.4, -0.2) is 9.97 Å². The number of rotatable bonds is 2. The smallest absolute Gasteiger partial charge is 0.160 e. The van der Waals surface area contributed by atoms with Gasteiger partial charge in [0.2, 0.25) is 0 Å². The molecule has 0 saturated carbocycles. The van der Waals surface area contributed by atoms with E-state index in [2.05, 4.69) is 158 Å². The van der Waals surface area contributed by atoms with Gasteiger partial charge in [0, 0.05) is 27.5 Å². The predicted octanol–water partition coefficient (Wildman–Crippen LogP) is 11.2. The van der Waals surface area contributed by atoms with Gasteiger partial charge < -0.3 is 4.42 Å². The third kappa shape index (κ3) is 3.22.